The molecule has 0 bridgehead atoms. The molecule has 1 aromatic rings. The molecule has 0 aliphatic rings. The molecule has 3 nitrogen and oxygen atoms in total. The Morgan fingerprint density at radius 3 is 2.50 bits per heavy atom. The van der Waals surface area contributed by atoms with Crippen LogP contribution in [-0.2, 0) is 17.8 Å². The average molecular weight is 227 g/mol. The first-order valence-corrected chi connectivity index (χ1v) is 5.22. The first-order chi connectivity index (χ1) is 7.74. The van der Waals surface area contributed by atoms with Gasteiger partial charge in [0.1, 0.15) is 0 Å². The highest BCUT2D eigenvalue weighted by Gasteiger charge is 2.13. The van der Waals surface area contributed by atoms with Crippen LogP contribution in [0.5, 0.6) is 5.75 Å². The highest BCUT2D eigenvalue weighted by atomic mass is 19.1. The molecule has 0 spiro atoms. The molecule has 90 valence electrons. The SMILES string of the molecule is CNCCc1ccc(COC)c(F)c1OC. The maximum atomic E-state index is 13.9. The molecule has 0 amide bonds. The minimum atomic E-state index is -0.321. The van der Waals surface area contributed by atoms with Crippen LogP contribution in [0.25, 0.3) is 0 Å². The summed E-state index contributed by atoms with van der Waals surface area (Å²) in [6.45, 7) is 1.05. The summed E-state index contributed by atoms with van der Waals surface area (Å²) >= 11 is 0. The molecule has 1 aromatic carbocycles. The molecular weight excluding hydrogens is 209 g/mol. The second-order valence-electron chi connectivity index (χ2n) is 3.52. The number of benzene rings is 1. The number of ether oxygens (including phenoxy) is 2. The average Bonchev–Trinajstić information content (AvgIpc) is 2.30. The third kappa shape index (κ3) is 2.93. The molecule has 1 N–H and O–H groups in total. The number of halogens is 1. The summed E-state index contributed by atoms with van der Waals surface area (Å²) < 4.78 is 23.9. The van der Waals surface area contributed by atoms with E-state index in [4.69, 9.17) is 9.47 Å². The van der Waals surface area contributed by atoms with Crippen molar-refractivity contribution in [3.8, 4) is 5.75 Å². The molecule has 1 rings (SSSR count). The van der Waals surface area contributed by atoms with Gasteiger partial charge in [-0.2, -0.15) is 0 Å². The van der Waals surface area contributed by atoms with Gasteiger partial charge in [-0.05, 0) is 25.6 Å². The van der Waals surface area contributed by atoms with Crippen molar-refractivity contribution in [1.29, 1.82) is 0 Å². The first-order valence-electron chi connectivity index (χ1n) is 5.22. The van der Waals surface area contributed by atoms with E-state index in [-0.39, 0.29) is 12.4 Å². The normalized spacial score (nSPS) is 10.5. The van der Waals surface area contributed by atoms with Crippen molar-refractivity contribution in [3.05, 3.63) is 29.1 Å². The summed E-state index contributed by atoms with van der Waals surface area (Å²) in [6, 6.07) is 3.62. The van der Waals surface area contributed by atoms with Gasteiger partial charge in [0, 0.05) is 12.7 Å². The summed E-state index contributed by atoms with van der Waals surface area (Å²) in [5.41, 5.74) is 1.39. The molecule has 16 heavy (non-hydrogen) atoms. The van der Waals surface area contributed by atoms with E-state index >= 15 is 0 Å². The number of hydrogen-bond acceptors (Lipinski definition) is 3. The van der Waals surface area contributed by atoms with E-state index in [1.807, 2.05) is 13.1 Å². The Kier molecular flexibility index (Phi) is 5.22. The molecular formula is C12H18FNO2. The third-order valence-corrected chi connectivity index (χ3v) is 2.41. The number of likely N-dealkylation sites (N-methyl/N-ethyl adjacent to an activating group) is 1. The van der Waals surface area contributed by atoms with Gasteiger partial charge in [0.15, 0.2) is 11.6 Å². The Balaban J connectivity index is 2.98. The summed E-state index contributed by atoms with van der Waals surface area (Å²) in [5, 5.41) is 3.02. The molecule has 0 aliphatic carbocycles. The Labute approximate surface area is 95.6 Å². The van der Waals surface area contributed by atoms with Gasteiger partial charge in [-0.25, -0.2) is 4.39 Å². The standard InChI is InChI=1S/C12H18FNO2/c1-14-7-6-9-4-5-10(8-15-2)11(13)12(9)16-3/h4-5,14H,6-8H2,1-3H3. The number of hydrogen-bond donors (Lipinski definition) is 1. The van der Waals surface area contributed by atoms with Crippen LogP contribution < -0.4 is 10.1 Å². The predicted molar refractivity (Wildman–Crippen MR) is 61.3 cm³/mol. The zero-order chi connectivity index (χ0) is 12.0. The van der Waals surface area contributed by atoms with E-state index < -0.39 is 0 Å². The summed E-state index contributed by atoms with van der Waals surface area (Å²) in [7, 11) is 4.89. The van der Waals surface area contributed by atoms with Crippen LogP contribution in [-0.4, -0.2) is 27.8 Å². The lowest BCUT2D eigenvalue weighted by molar-refractivity contribution is 0.180. The van der Waals surface area contributed by atoms with Crippen LogP contribution in [0.2, 0.25) is 0 Å². The summed E-state index contributed by atoms with van der Waals surface area (Å²) in [6.07, 6.45) is 0.740. The Bertz CT molecular complexity index is 342. The van der Waals surface area contributed by atoms with Crippen LogP contribution in [0, 0.1) is 5.82 Å². The van der Waals surface area contributed by atoms with Gasteiger partial charge in [0.2, 0.25) is 0 Å². The fourth-order valence-corrected chi connectivity index (χ4v) is 1.58. The summed E-state index contributed by atoms with van der Waals surface area (Å²) in [5.74, 6) is 0.00255. The van der Waals surface area contributed by atoms with Crippen LogP contribution in [0.3, 0.4) is 0 Å². The summed E-state index contributed by atoms with van der Waals surface area (Å²) in [4.78, 5) is 0. The van der Waals surface area contributed by atoms with Gasteiger partial charge in [-0.3, -0.25) is 0 Å². The molecule has 0 aliphatic heterocycles. The molecule has 0 atom stereocenters. The molecule has 0 saturated heterocycles. The van der Waals surface area contributed by atoms with Crippen LogP contribution in [0.4, 0.5) is 4.39 Å². The Morgan fingerprint density at radius 1 is 1.25 bits per heavy atom. The van der Waals surface area contributed by atoms with E-state index in [2.05, 4.69) is 5.32 Å². The molecule has 0 heterocycles. The molecule has 0 saturated carbocycles. The maximum Gasteiger partial charge on any atom is 0.170 e. The van der Waals surface area contributed by atoms with Gasteiger partial charge < -0.3 is 14.8 Å². The van der Waals surface area contributed by atoms with E-state index in [0.717, 1.165) is 18.5 Å². The fraction of sp³-hybridized carbons (Fsp3) is 0.500. The molecule has 0 fully saturated rings. The Hall–Kier alpha value is -1.13. The zero-order valence-corrected chi connectivity index (χ0v) is 9.97. The topological polar surface area (TPSA) is 30.5 Å². The van der Waals surface area contributed by atoms with Crippen molar-refractivity contribution in [1.82, 2.24) is 5.32 Å². The second-order valence-corrected chi connectivity index (χ2v) is 3.52. The largest absolute Gasteiger partial charge is 0.493 e. The van der Waals surface area contributed by atoms with Crippen LogP contribution >= 0.6 is 0 Å². The highest BCUT2D eigenvalue weighted by Crippen LogP contribution is 2.26. The van der Waals surface area contributed by atoms with Crippen molar-refractivity contribution in [2.45, 2.75) is 13.0 Å². The van der Waals surface area contributed by atoms with E-state index in [1.54, 1.807) is 13.2 Å². The minimum Gasteiger partial charge on any atom is -0.493 e. The lowest BCUT2D eigenvalue weighted by Crippen LogP contribution is -2.11. The third-order valence-electron chi connectivity index (χ3n) is 2.41. The van der Waals surface area contributed by atoms with E-state index in [9.17, 15) is 4.39 Å². The first kappa shape index (κ1) is 12.9. The van der Waals surface area contributed by atoms with Crippen LogP contribution in [0.15, 0.2) is 12.1 Å². The van der Waals surface area contributed by atoms with Gasteiger partial charge >= 0.3 is 0 Å². The minimum absolute atomic E-state index is 0.258. The van der Waals surface area contributed by atoms with E-state index in [1.165, 1.54) is 7.11 Å². The lowest BCUT2D eigenvalue weighted by Gasteiger charge is -2.12. The number of nitrogens with one attached hydrogen (secondary N) is 1. The van der Waals surface area contributed by atoms with Crippen LogP contribution in [0.1, 0.15) is 11.1 Å². The lowest BCUT2D eigenvalue weighted by atomic mass is 10.1. The Morgan fingerprint density at radius 2 is 1.94 bits per heavy atom. The van der Waals surface area contributed by atoms with Gasteiger partial charge in [0.25, 0.3) is 0 Å². The van der Waals surface area contributed by atoms with Crippen molar-refractivity contribution in [3.63, 3.8) is 0 Å². The monoisotopic (exact) mass is 227 g/mol. The zero-order valence-electron chi connectivity index (χ0n) is 9.97. The van der Waals surface area contributed by atoms with Crippen molar-refractivity contribution in [2.24, 2.45) is 0 Å². The maximum absolute atomic E-state index is 13.9. The van der Waals surface area contributed by atoms with E-state index in [0.29, 0.717) is 11.3 Å². The van der Waals surface area contributed by atoms with Crippen molar-refractivity contribution < 1.29 is 13.9 Å². The fourth-order valence-electron chi connectivity index (χ4n) is 1.58. The molecule has 0 aromatic heterocycles. The smallest absolute Gasteiger partial charge is 0.170 e. The van der Waals surface area contributed by atoms with Gasteiger partial charge in [0.05, 0.1) is 13.7 Å². The molecule has 0 radical (unpaired) electrons. The number of methoxy groups -OCH3 is 2. The predicted octanol–water partition coefficient (Wildman–Crippen LogP) is 1.74. The van der Waals surface area contributed by atoms with Crippen molar-refractivity contribution in [2.75, 3.05) is 27.8 Å². The van der Waals surface area contributed by atoms with Gasteiger partial charge in [-0.15, -0.1) is 0 Å². The highest BCUT2D eigenvalue weighted by molar-refractivity contribution is 5.39. The van der Waals surface area contributed by atoms with Crippen molar-refractivity contribution >= 4 is 0 Å². The quantitative estimate of drug-likeness (QED) is 0.803. The van der Waals surface area contributed by atoms with Gasteiger partial charge in [-0.1, -0.05) is 12.1 Å². The molecule has 0 unspecified atom stereocenters. The molecule has 4 heteroatoms. The number of rotatable bonds is 6. The second kappa shape index (κ2) is 6.45.